The number of aliphatic hydroxyl groups is 3. The summed E-state index contributed by atoms with van der Waals surface area (Å²) in [6.07, 6.45) is -5.12. The predicted molar refractivity (Wildman–Crippen MR) is 165 cm³/mol. The van der Waals surface area contributed by atoms with E-state index in [4.69, 9.17) is 25.1 Å². The van der Waals surface area contributed by atoms with Crippen LogP contribution in [0.25, 0.3) is 0 Å². The van der Waals surface area contributed by atoms with Gasteiger partial charge in [-0.15, -0.1) is 0 Å². The van der Waals surface area contributed by atoms with Crippen molar-refractivity contribution in [3.8, 4) is 17.2 Å². The zero-order valence-corrected chi connectivity index (χ0v) is 26.0. The number of Topliss-reactive ketones (excluding diaryl/α,β-unsaturated/α-hetero) is 1. The summed E-state index contributed by atoms with van der Waals surface area (Å²) in [6, 6.07) is 11.9. The summed E-state index contributed by atoms with van der Waals surface area (Å²) < 4.78 is 17.0. The van der Waals surface area contributed by atoms with Crippen LogP contribution in [0.1, 0.15) is 79.2 Å². The molecule has 2 aliphatic carbocycles. The molecule has 1 fully saturated rings. The zero-order valence-electron chi connectivity index (χ0n) is 26.0. The molecule has 0 amide bonds. The van der Waals surface area contributed by atoms with Gasteiger partial charge in [0.15, 0.2) is 17.9 Å². The lowest BCUT2D eigenvalue weighted by Gasteiger charge is -2.42. The lowest BCUT2D eigenvalue weighted by Crippen LogP contribution is -2.53. The first-order valence-electron chi connectivity index (χ1n) is 15.0. The first-order valence-corrected chi connectivity index (χ1v) is 15.0. The molecule has 3 aliphatic rings. The van der Waals surface area contributed by atoms with Crippen LogP contribution in [-0.4, -0.2) is 97.8 Å². The number of carbonyl (C=O) groups is 4. The van der Waals surface area contributed by atoms with Gasteiger partial charge in [-0.1, -0.05) is 30.3 Å². The number of aromatic hydroxyl groups is 2. The van der Waals surface area contributed by atoms with E-state index in [0.717, 1.165) is 0 Å². The van der Waals surface area contributed by atoms with Gasteiger partial charge in [0.2, 0.25) is 5.78 Å². The number of carboxylic acids is 1. The molecule has 254 valence electrons. The van der Waals surface area contributed by atoms with E-state index in [1.807, 2.05) is 0 Å². The summed E-state index contributed by atoms with van der Waals surface area (Å²) in [5.74, 6) is -4.65. The monoisotopic (exact) mass is 665 g/mol. The van der Waals surface area contributed by atoms with E-state index in [2.05, 4.69) is 0 Å². The minimum Gasteiger partial charge on any atom is -0.507 e. The van der Waals surface area contributed by atoms with E-state index in [0.29, 0.717) is 5.56 Å². The number of benzene rings is 3. The number of fused-ring (bicyclic) bond motifs is 3. The largest absolute Gasteiger partial charge is 0.507 e. The quantitative estimate of drug-likeness (QED) is 0.144. The number of carboxylic acid groups (broad SMARTS) is 1. The summed E-state index contributed by atoms with van der Waals surface area (Å²) in [5.41, 5.74) is 2.70. The molecule has 1 heterocycles. The Bertz CT molecular complexity index is 1760. The Morgan fingerprint density at radius 2 is 1.67 bits per heavy atom. The number of ketones is 3. The van der Waals surface area contributed by atoms with Crippen LogP contribution in [-0.2, 0) is 20.7 Å². The number of aliphatic hydroxyl groups excluding tert-OH is 2. The number of ether oxygens (including phenoxy) is 3. The van der Waals surface area contributed by atoms with Crippen molar-refractivity contribution in [2.75, 3.05) is 13.7 Å². The summed E-state index contributed by atoms with van der Waals surface area (Å²) in [6.45, 7) is 0.560. The first-order chi connectivity index (χ1) is 22.7. The number of aromatic carboxylic acids is 1. The number of phenolic OH excluding ortho intramolecular Hbond substituents is 2. The highest BCUT2D eigenvalue weighted by Gasteiger charge is 2.50. The van der Waals surface area contributed by atoms with Gasteiger partial charge in [0.1, 0.15) is 29.5 Å². The molecule has 48 heavy (non-hydrogen) atoms. The lowest BCUT2D eigenvalue weighted by atomic mass is 9.72. The number of hydrogen-bond donors (Lipinski definition) is 7. The van der Waals surface area contributed by atoms with Crippen molar-refractivity contribution >= 4 is 23.3 Å². The van der Waals surface area contributed by atoms with Crippen LogP contribution < -0.4 is 10.5 Å². The first kappa shape index (κ1) is 34.6. The van der Waals surface area contributed by atoms with Gasteiger partial charge >= 0.3 is 5.97 Å². The third-order valence-electron chi connectivity index (χ3n) is 8.83. The standard InChI is InChI=1S/C27H29NO11.C7H6O2/c1-10-22(31)13(28)6-17(38-10)39-15-8-27(36,16(30)9-29)7-12-19(15)26(35)21-20(24(12)33)23(32)11-4-3-5-14(37-2)18(11)25(21)34;8-7(9)6-4-2-1-3-5-6/h3-5,10,13,15,17,22,29,31,33,35-36H,6-9,28H2,1-2H3;1-5H,(H,8,9)/t10-,13-,15-,17-,22+,27-;/m0./s1. The third-order valence-corrected chi connectivity index (χ3v) is 8.83. The van der Waals surface area contributed by atoms with Gasteiger partial charge in [0, 0.05) is 42.0 Å². The summed E-state index contributed by atoms with van der Waals surface area (Å²) in [7, 11) is 1.32. The van der Waals surface area contributed by atoms with E-state index in [-0.39, 0.29) is 34.4 Å². The molecule has 3 aromatic rings. The number of hydrogen-bond acceptors (Lipinski definition) is 13. The van der Waals surface area contributed by atoms with E-state index >= 15 is 0 Å². The predicted octanol–water partition coefficient (Wildman–Crippen LogP) is 1.39. The van der Waals surface area contributed by atoms with Gasteiger partial charge in [-0.2, -0.15) is 0 Å². The molecule has 3 aromatic carbocycles. The van der Waals surface area contributed by atoms with Crippen molar-refractivity contribution in [3.05, 3.63) is 87.5 Å². The highest BCUT2D eigenvalue weighted by atomic mass is 16.7. The van der Waals surface area contributed by atoms with Crippen LogP contribution in [0.4, 0.5) is 0 Å². The fourth-order valence-electron chi connectivity index (χ4n) is 6.33. The maximum atomic E-state index is 13.6. The molecule has 14 heteroatoms. The Kier molecular flexibility index (Phi) is 9.69. The van der Waals surface area contributed by atoms with Crippen LogP contribution in [0.5, 0.6) is 17.2 Å². The van der Waals surface area contributed by atoms with Crippen molar-refractivity contribution in [1.29, 1.82) is 0 Å². The molecule has 1 aliphatic heterocycles. The van der Waals surface area contributed by atoms with Crippen LogP contribution in [0.2, 0.25) is 0 Å². The minimum absolute atomic E-state index is 0.0173. The van der Waals surface area contributed by atoms with E-state index in [9.17, 15) is 44.7 Å². The minimum atomic E-state index is -2.24. The Morgan fingerprint density at radius 3 is 2.25 bits per heavy atom. The van der Waals surface area contributed by atoms with Crippen molar-refractivity contribution in [2.45, 2.75) is 62.4 Å². The number of methoxy groups -OCH3 is 1. The fraction of sp³-hybridized carbons (Fsp3) is 0.353. The van der Waals surface area contributed by atoms with Crippen LogP contribution >= 0.6 is 0 Å². The van der Waals surface area contributed by atoms with Crippen molar-refractivity contribution in [1.82, 2.24) is 0 Å². The number of rotatable bonds is 6. The van der Waals surface area contributed by atoms with E-state index in [1.54, 1.807) is 37.3 Å². The molecular weight excluding hydrogens is 630 g/mol. The molecule has 0 unspecified atom stereocenters. The van der Waals surface area contributed by atoms with Gasteiger partial charge < -0.3 is 50.6 Å². The topological polar surface area (TPSA) is 243 Å². The maximum Gasteiger partial charge on any atom is 0.335 e. The third kappa shape index (κ3) is 6.05. The average Bonchev–Trinajstić information content (AvgIpc) is 3.07. The Labute approximate surface area is 273 Å². The van der Waals surface area contributed by atoms with Gasteiger partial charge in [-0.3, -0.25) is 14.4 Å². The van der Waals surface area contributed by atoms with E-state index < -0.39 is 102 Å². The normalized spacial score (nSPS) is 25.9. The molecule has 6 atom stereocenters. The molecule has 0 saturated carbocycles. The molecule has 0 aromatic heterocycles. The maximum absolute atomic E-state index is 13.6. The molecule has 14 nitrogen and oxygen atoms in total. The Hall–Kier alpha value is -4.70. The lowest BCUT2D eigenvalue weighted by molar-refractivity contribution is -0.247. The Balaban J connectivity index is 0.000000434. The molecule has 0 radical (unpaired) electrons. The fourth-order valence-corrected chi connectivity index (χ4v) is 6.33. The molecule has 0 spiro atoms. The summed E-state index contributed by atoms with van der Waals surface area (Å²) >= 11 is 0. The zero-order chi connectivity index (χ0) is 35.1. The molecule has 1 saturated heterocycles. The highest BCUT2D eigenvalue weighted by molar-refractivity contribution is 6.31. The Morgan fingerprint density at radius 1 is 1.00 bits per heavy atom. The van der Waals surface area contributed by atoms with Crippen molar-refractivity contribution < 1.29 is 64.0 Å². The second kappa shape index (κ2) is 13.4. The van der Waals surface area contributed by atoms with Crippen LogP contribution in [0.15, 0.2) is 48.5 Å². The van der Waals surface area contributed by atoms with Gasteiger partial charge in [-0.25, -0.2) is 4.79 Å². The average molecular weight is 666 g/mol. The molecule has 8 N–H and O–H groups in total. The summed E-state index contributed by atoms with van der Waals surface area (Å²) in [5, 5.41) is 62.1. The number of carbonyl (C=O) groups excluding carboxylic acids is 3. The SMILES string of the molecule is COc1cccc2c1C(=O)c1c(O)c3c(c(O)c1C2=O)C[C@@](O)(C(=O)CO)C[C@@H]3O[C@H]1C[C@H](N)[C@H](O)[C@H](C)O1.O=C(O)c1ccccc1. The summed E-state index contributed by atoms with van der Waals surface area (Å²) in [4.78, 5) is 49.9. The van der Waals surface area contributed by atoms with Gasteiger partial charge in [-0.05, 0) is 25.1 Å². The van der Waals surface area contributed by atoms with Gasteiger partial charge in [0.05, 0.1) is 47.7 Å². The molecular formula is C34H35NO13. The van der Waals surface area contributed by atoms with E-state index in [1.165, 1.54) is 25.3 Å². The van der Waals surface area contributed by atoms with Crippen molar-refractivity contribution in [2.24, 2.45) is 5.73 Å². The van der Waals surface area contributed by atoms with Crippen LogP contribution in [0.3, 0.4) is 0 Å². The van der Waals surface area contributed by atoms with Crippen molar-refractivity contribution in [3.63, 3.8) is 0 Å². The van der Waals surface area contributed by atoms with Gasteiger partial charge in [0.25, 0.3) is 0 Å². The smallest absolute Gasteiger partial charge is 0.335 e. The number of nitrogens with two attached hydrogens (primary N) is 1. The molecule has 6 rings (SSSR count). The second-order valence-electron chi connectivity index (χ2n) is 11.8. The van der Waals surface area contributed by atoms with Crippen LogP contribution in [0, 0.1) is 0 Å². The highest BCUT2D eigenvalue weighted by Crippen LogP contribution is 2.52. The molecule has 0 bridgehead atoms. The second-order valence-corrected chi connectivity index (χ2v) is 11.8. The number of phenols is 2.